The highest BCUT2D eigenvalue weighted by Crippen LogP contribution is 2.31. The van der Waals surface area contributed by atoms with Gasteiger partial charge in [0.05, 0.1) is 17.3 Å². The minimum absolute atomic E-state index is 0.0699. The molecule has 2 unspecified atom stereocenters. The number of nitrogens with zero attached hydrogens (tertiary/aromatic N) is 2. The number of benzene rings is 1. The largest absolute Gasteiger partial charge is 0.478 e. The lowest BCUT2D eigenvalue weighted by Crippen LogP contribution is -2.48. The van der Waals surface area contributed by atoms with Gasteiger partial charge in [0.25, 0.3) is 0 Å². The summed E-state index contributed by atoms with van der Waals surface area (Å²) in [6.07, 6.45) is 3.03. The van der Waals surface area contributed by atoms with Crippen molar-refractivity contribution >= 4 is 23.5 Å². The fourth-order valence-electron chi connectivity index (χ4n) is 3.77. The van der Waals surface area contributed by atoms with E-state index in [1.54, 1.807) is 18.0 Å². The average Bonchev–Trinajstić information content (AvgIpc) is 3.09. The molecule has 1 saturated heterocycles. The number of piperidine rings is 1. The van der Waals surface area contributed by atoms with E-state index in [1.807, 2.05) is 48.9 Å². The summed E-state index contributed by atoms with van der Waals surface area (Å²) >= 11 is 6.07. The van der Waals surface area contributed by atoms with Crippen LogP contribution in [-0.4, -0.2) is 46.1 Å². The Morgan fingerprint density at radius 2 is 1.93 bits per heavy atom. The van der Waals surface area contributed by atoms with Gasteiger partial charge in [0, 0.05) is 43.3 Å². The Hall–Kier alpha value is -2.31. The van der Waals surface area contributed by atoms with Crippen LogP contribution in [0.4, 0.5) is 0 Å². The summed E-state index contributed by atoms with van der Waals surface area (Å²) in [6.45, 7) is 4.65. The van der Waals surface area contributed by atoms with Crippen LogP contribution in [0, 0.1) is 0 Å². The Labute approximate surface area is 170 Å². The molecule has 1 aromatic heterocycles. The van der Waals surface area contributed by atoms with Crippen molar-refractivity contribution in [2.75, 3.05) is 13.6 Å². The lowest BCUT2D eigenvalue weighted by atomic mass is 9.97. The molecule has 150 valence electrons. The molecule has 2 N–H and O–H groups in total. The van der Waals surface area contributed by atoms with Crippen LogP contribution in [0.15, 0.2) is 36.5 Å². The number of nitrogens with one attached hydrogen (secondary N) is 1. The summed E-state index contributed by atoms with van der Waals surface area (Å²) in [4.78, 5) is 25.5. The number of carboxylic acid groups (broad SMARTS) is 1. The fraction of sp³-hybridized carbons (Fsp3) is 0.429. The molecular formula is C21H26ClN3O3. The predicted molar refractivity (Wildman–Crippen MR) is 109 cm³/mol. The van der Waals surface area contributed by atoms with E-state index in [0.717, 1.165) is 12.0 Å². The normalized spacial score (nSPS) is 18.5. The lowest BCUT2D eigenvalue weighted by Gasteiger charge is -2.34. The molecule has 1 amide bonds. The Bertz CT molecular complexity index is 860. The molecule has 3 rings (SSSR count). The maximum absolute atomic E-state index is 11.9. The third-order valence-corrected chi connectivity index (χ3v) is 5.50. The number of hydrogen-bond donors (Lipinski definition) is 2. The molecule has 1 aliphatic heterocycles. The van der Waals surface area contributed by atoms with E-state index in [-0.39, 0.29) is 29.6 Å². The first kappa shape index (κ1) is 20.4. The summed E-state index contributed by atoms with van der Waals surface area (Å²) in [5.41, 5.74) is 1.93. The molecule has 0 bridgehead atoms. The molecule has 1 aliphatic rings. The van der Waals surface area contributed by atoms with Crippen LogP contribution < -0.4 is 5.32 Å². The van der Waals surface area contributed by atoms with Crippen molar-refractivity contribution in [3.05, 3.63) is 58.4 Å². The second kappa shape index (κ2) is 8.37. The summed E-state index contributed by atoms with van der Waals surface area (Å²) in [6, 6.07) is 8.96. The number of carboxylic acids is 1. The van der Waals surface area contributed by atoms with E-state index in [0.29, 0.717) is 23.7 Å². The van der Waals surface area contributed by atoms with Crippen LogP contribution in [0.1, 0.15) is 60.4 Å². The van der Waals surface area contributed by atoms with Crippen molar-refractivity contribution in [3.8, 4) is 0 Å². The van der Waals surface area contributed by atoms with Gasteiger partial charge in [-0.25, -0.2) is 4.79 Å². The maximum Gasteiger partial charge on any atom is 0.337 e. The Morgan fingerprint density at radius 1 is 1.25 bits per heavy atom. The maximum atomic E-state index is 11.9. The van der Waals surface area contributed by atoms with Gasteiger partial charge in [-0.2, -0.15) is 0 Å². The average molecular weight is 404 g/mol. The number of likely N-dealkylation sites (N-methyl/N-ethyl adjacent to an activating group) is 1. The third-order valence-electron chi connectivity index (χ3n) is 5.25. The molecule has 2 aromatic rings. The minimum Gasteiger partial charge on any atom is -0.478 e. The van der Waals surface area contributed by atoms with Gasteiger partial charge < -0.3 is 19.9 Å². The number of rotatable bonds is 6. The number of likely N-dealkylation sites (tertiary alicyclic amines) is 1. The van der Waals surface area contributed by atoms with Crippen molar-refractivity contribution in [2.24, 2.45) is 0 Å². The quantitative estimate of drug-likeness (QED) is 0.770. The molecule has 0 radical (unpaired) electrons. The smallest absolute Gasteiger partial charge is 0.337 e. The molecule has 0 saturated carbocycles. The summed E-state index contributed by atoms with van der Waals surface area (Å²) in [7, 11) is 1.80. The number of hydrogen-bond acceptors (Lipinski definition) is 3. The molecule has 0 aliphatic carbocycles. The zero-order valence-electron chi connectivity index (χ0n) is 16.4. The highest BCUT2D eigenvalue weighted by Gasteiger charge is 2.30. The third kappa shape index (κ3) is 4.23. The number of carbonyl (C=O) groups is 2. The second-order valence-electron chi connectivity index (χ2n) is 7.58. The van der Waals surface area contributed by atoms with E-state index in [1.165, 1.54) is 0 Å². The monoisotopic (exact) mass is 403 g/mol. The number of amides is 1. The van der Waals surface area contributed by atoms with Crippen LogP contribution in [0.25, 0.3) is 0 Å². The fourth-order valence-corrected chi connectivity index (χ4v) is 3.89. The van der Waals surface area contributed by atoms with Crippen LogP contribution >= 0.6 is 11.6 Å². The predicted octanol–water partition coefficient (Wildman–Crippen LogP) is 3.72. The Balaban J connectivity index is 2.04. The van der Waals surface area contributed by atoms with Gasteiger partial charge in [-0.1, -0.05) is 23.7 Å². The number of carbonyl (C=O) groups excluding carboxylic acids is 1. The van der Waals surface area contributed by atoms with Crippen LogP contribution in [0.3, 0.4) is 0 Å². The first-order valence-corrected chi connectivity index (χ1v) is 9.85. The highest BCUT2D eigenvalue weighted by molar-refractivity contribution is 6.30. The van der Waals surface area contributed by atoms with E-state index in [4.69, 9.17) is 11.6 Å². The molecule has 1 fully saturated rings. The summed E-state index contributed by atoms with van der Waals surface area (Å²) < 4.78 is 1.99. The SMILES string of the molecule is CC(C)n1ccc(C(=O)O)c1C(NC1CCC(=O)N(C)C1)c1ccc(Cl)cc1. The van der Waals surface area contributed by atoms with Gasteiger partial charge >= 0.3 is 5.97 Å². The lowest BCUT2D eigenvalue weighted by molar-refractivity contribution is -0.132. The van der Waals surface area contributed by atoms with Gasteiger partial charge in [0.2, 0.25) is 5.91 Å². The Kier molecular flexibility index (Phi) is 6.10. The first-order valence-electron chi connectivity index (χ1n) is 9.47. The van der Waals surface area contributed by atoms with Crippen molar-refractivity contribution in [3.63, 3.8) is 0 Å². The van der Waals surface area contributed by atoms with Gasteiger partial charge in [0.1, 0.15) is 0 Å². The van der Waals surface area contributed by atoms with E-state index in [2.05, 4.69) is 5.32 Å². The zero-order chi connectivity index (χ0) is 20.4. The molecule has 28 heavy (non-hydrogen) atoms. The summed E-state index contributed by atoms with van der Waals surface area (Å²) in [5.74, 6) is -0.816. The number of halogens is 1. The molecule has 0 spiro atoms. The molecule has 2 heterocycles. The van der Waals surface area contributed by atoms with Gasteiger partial charge in [-0.3, -0.25) is 4.79 Å². The van der Waals surface area contributed by atoms with Crippen LogP contribution in [0.2, 0.25) is 5.02 Å². The van der Waals surface area contributed by atoms with E-state index >= 15 is 0 Å². The molecule has 6 nitrogen and oxygen atoms in total. The van der Waals surface area contributed by atoms with Gasteiger partial charge in [0.15, 0.2) is 0 Å². The van der Waals surface area contributed by atoms with E-state index < -0.39 is 5.97 Å². The van der Waals surface area contributed by atoms with Crippen molar-refractivity contribution < 1.29 is 14.7 Å². The Morgan fingerprint density at radius 3 is 2.50 bits per heavy atom. The van der Waals surface area contributed by atoms with Crippen LogP contribution in [-0.2, 0) is 4.79 Å². The molecule has 2 atom stereocenters. The first-order chi connectivity index (χ1) is 13.3. The molecular weight excluding hydrogens is 378 g/mol. The van der Waals surface area contributed by atoms with E-state index in [9.17, 15) is 14.7 Å². The van der Waals surface area contributed by atoms with Gasteiger partial charge in [-0.05, 0) is 44.0 Å². The standard InChI is InChI=1S/C21H26ClN3O3/c1-13(2)25-11-10-17(21(27)28)20(25)19(14-4-6-15(22)7-5-14)23-16-8-9-18(26)24(3)12-16/h4-7,10-11,13,16,19,23H,8-9,12H2,1-3H3,(H,27,28). The number of aromatic carboxylic acids is 1. The van der Waals surface area contributed by atoms with Crippen molar-refractivity contribution in [2.45, 2.75) is 44.8 Å². The highest BCUT2D eigenvalue weighted by atomic mass is 35.5. The van der Waals surface area contributed by atoms with Crippen LogP contribution in [0.5, 0.6) is 0 Å². The number of aromatic nitrogens is 1. The van der Waals surface area contributed by atoms with Gasteiger partial charge in [-0.15, -0.1) is 0 Å². The molecule has 1 aromatic carbocycles. The van der Waals surface area contributed by atoms with Crippen molar-refractivity contribution in [1.82, 2.24) is 14.8 Å². The zero-order valence-corrected chi connectivity index (χ0v) is 17.1. The molecule has 7 heteroatoms. The summed E-state index contributed by atoms with van der Waals surface area (Å²) in [5, 5.41) is 14.0. The topological polar surface area (TPSA) is 74.6 Å². The second-order valence-corrected chi connectivity index (χ2v) is 8.02. The van der Waals surface area contributed by atoms with Crippen molar-refractivity contribution in [1.29, 1.82) is 0 Å². The minimum atomic E-state index is -0.953.